The summed E-state index contributed by atoms with van der Waals surface area (Å²) in [4.78, 5) is 11.8. The van der Waals surface area contributed by atoms with Gasteiger partial charge in [0.15, 0.2) is 12.4 Å². The van der Waals surface area contributed by atoms with E-state index in [1.807, 2.05) is 60.3 Å². The summed E-state index contributed by atoms with van der Waals surface area (Å²) in [6.07, 6.45) is 3.80. The Kier molecular flexibility index (Phi) is 4.10. The molecule has 0 aliphatic carbocycles. The third kappa shape index (κ3) is 3.67. The number of nitrogens with one attached hydrogen (secondary N) is 1. The molecule has 1 N–H and O–H groups in total. The van der Waals surface area contributed by atoms with Crippen molar-refractivity contribution in [1.82, 2.24) is 0 Å². The fraction of sp³-hybridized carbons (Fsp3) is 0.143. The molecule has 2 aromatic rings. The van der Waals surface area contributed by atoms with Crippen LogP contribution in [0.1, 0.15) is 5.56 Å². The Bertz CT molecular complexity index is 485. The Balaban J connectivity index is 1.96. The van der Waals surface area contributed by atoms with Crippen LogP contribution in [-0.4, -0.2) is 5.91 Å². The van der Waals surface area contributed by atoms with Gasteiger partial charge in [0.25, 0.3) is 5.91 Å². The molecule has 1 heterocycles. The van der Waals surface area contributed by atoms with Crippen molar-refractivity contribution in [1.29, 1.82) is 0 Å². The highest BCUT2D eigenvalue weighted by molar-refractivity contribution is 9.10. The van der Waals surface area contributed by atoms with Crippen molar-refractivity contribution < 1.29 is 9.36 Å². The van der Waals surface area contributed by atoms with Gasteiger partial charge in [-0.05, 0) is 36.8 Å². The van der Waals surface area contributed by atoms with Gasteiger partial charge in [-0.25, -0.2) is 0 Å². The average Bonchev–Trinajstić information content (AvgIpc) is 2.35. The van der Waals surface area contributed by atoms with Crippen molar-refractivity contribution >= 4 is 27.5 Å². The SMILES string of the molecule is Cc1cc[n+](CC(=O)Nc2ccc(Br)cc2)cc1. The van der Waals surface area contributed by atoms with Gasteiger partial charge in [0, 0.05) is 22.3 Å². The van der Waals surface area contributed by atoms with Gasteiger partial charge >= 0.3 is 0 Å². The molecular weight excluding hydrogens is 292 g/mol. The van der Waals surface area contributed by atoms with E-state index < -0.39 is 0 Å². The van der Waals surface area contributed by atoms with Gasteiger partial charge < -0.3 is 5.32 Å². The highest BCUT2D eigenvalue weighted by Crippen LogP contribution is 2.13. The van der Waals surface area contributed by atoms with Crippen molar-refractivity contribution in [2.75, 3.05) is 5.32 Å². The first-order chi connectivity index (χ1) is 8.63. The average molecular weight is 306 g/mol. The number of aryl methyl sites for hydroxylation is 1. The quantitative estimate of drug-likeness (QED) is 0.869. The number of rotatable bonds is 3. The molecule has 4 heteroatoms. The summed E-state index contributed by atoms with van der Waals surface area (Å²) in [6.45, 7) is 2.34. The first kappa shape index (κ1) is 12.8. The van der Waals surface area contributed by atoms with Crippen LogP contribution in [0.2, 0.25) is 0 Å². The van der Waals surface area contributed by atoms with E-state index in [-0.39, 0.29) is 5.91 Å². The number of nitrogens with zero attached hydrogens (tertiary/aromatic N) is 1. The zero-order valence-corrected chi connectivity index (χ0v) is 11.6. The van der Waals surface area contributed by atoms with Crippen molar-refractivity contribution in [3.63, 3.8) is 0 Å². The molecule has 0 atom stereocenters. The van der Waals surface area contributed by atoms with Crippen molar-refractivity contribution in [3.8, 4) is 0 Å². The Hall–Kier alpha value is -1.68. The number of carbonyl (C=O) groups excluding carboxylic acids is 1. The number of benzene rings is 1. The molecule has 0 bridgehead atoms. The second-order valence-electron chi connectivity index (χ2n) is 4.10. The molecule has 1 aromatic carbocycles. The van der Waals surface area contributed by atoms with Gasteiger partial charge in [0.2, 0.25) is 6.54 Å². The smallest absolute Gasteiger partial charge is 0.290 e. The number of hydrogen-bond donors (Lipinski definition) is 1. The number of anilines is 1. The minimum absolute atomic E-state index is 0.0359. The number of aromatic nitrogens is 1. The molecule has 0 aliphatic rings. The van der Waals surface area contributed by atoms with Gasteiger partial charge in [-0.3, -0.25) is 4.79 Å². The summed E-state index contributed by atoms with van der Waals surface area (Å²) < 4.78 is 2.84. The van der Waals surface area contributed by atoms with Gasteiger partial charge in [-0.2, -0.15) is 4.57 Å². The van der Waals surface area contributed by atoms with E-state index in [0.717, 1.165) is 10.2 Å². The van der Waals surface area contributed by atoms with E-state index in [1.165, 1.54) is 5.56 Å². The maximum Gasteiger partial charge on any atom is 0.290 e. The zero-order chi connectivity index (χ0) is 13.0. The topological polar surface area (TPSA) is 33.0 Å². The van der Waals surface area contributed by atoms with Gasteiger partial charge in [-0.1, -0.05) is 15.9 Å². The molecule has 0 unspecified atom stereocenters. The molecule has 0 saturated heterocycles. The predicted molar refractivity (Wildman–Crippen MR) is 74.1 cm³/mol. The van der Waals surface area contributed by atoms with E-state index in [0.29, 0.717) is 6.54 Å². The van der Waals surface area contributed by atoms with Crippen molar-refractivity contribution in [3.05, 3.63) is 58.8 Å². The second-order valence-corrected chi connectivity index (χ2v) is 5.02. The van der Waals surface area contributed by atoms with Crippen molar-refractivity contribution in [2.24, 2.45) is 0 Å². The molecule has 18 heavy (non-hydrogen) atoms. The fourth-order valence-electron chi connectivity index (χ4n) is 1.54. The lowest BCUT2D eigenvalue weighted by molar-refractivity contribution is -0.684. The Morgan fingerprint density at radius 1 is 1.17 bits per heavy atom. The number of amides is 1. The lowest BCUT2D eigenvalue weighted by Crippen LogP contribution is -2.39. The lowest BCUT2D eigenvalue weighted by atomic mass is 10.3. The second kappa shape index (κ2) is 5.78. The summed E-state index contributed by atoms with van der Waals surface area (Å²) in [5.41, 5.74) is 1.98. The molecule has 3 nitrogen and oxygen atoms in total. The molecule has 0 fully saturated rings. The van der Waals surface area contributed by atoms with E-state index in [2.05, 4.69) is 21.2 Å². The van der Waals surface area contributed by atoms with E-state index in [9.17, 15) is 4.79 Å². The summed E-state index contributed by atoms with van der Waals surface area (Å²) >= 11 is 3.36. The maximum atomic E-state index is 11.8. The molecule has 0 radical (unpaired) electrons. The predicted octanol–water partition coefficient (Wildman–Crippen LogP) is 2.68. The molecule has 1 amide bonds. The van der Waals surface area contributed by atoms with Crippen LogP contribution in [0.5, 0.6) is 0 Å². The number of hydrogen-bond acceptors (Lipinski definition) is 1. The van der Waals surface area contributed by atoms with Gasteiger partial charge in [0.05, 0.1) is 0 Å². The molecule has 2 rings (SSSR count). The summed E-state index contributed by atoms with van der Waals surface area (Å²) in [5, 5.41) is 2.85. The van der Waals surface area contributed by atoms with Crippen LogP contribution < -0.4 is 9.88 Å². The number of pyridine rings is 1. The highest BCUT2D eigenvalue weighted by Gasteiger charge is 2.08. The Labute approximate surface area is 115 Å². The van der Waals surface area contributed by atoms with Crippen LogP contribution in [0.3, 0.4) is 0 Å². The van der Waals surface area contributed by atoms with Crippen LogP contribution in [0.4, 0.5) is 5.69 Å². The van der Waals surface area contributed by atoms with E-state index >= 15 is 0 Å². The third-order valence-corrected chi connectivity index (χ3v) is 3.04. The molecule has 0 saturated carbocycles. The monoisotopic (exact) mass is 305 g/mol. The van der Waals surface area contributed by atoms with E-state index in [4.69, 9.17) is 0 Å². The summed E-state index contributed by atoms with van der Waals surface area (Å²) in [6, 6.07) is 11.5. The third-order valence-electron chi connectivity index (χ3n) is 2.51. The molecule has 0 aliphatic heterocycles. The number of halogens is 1. The molecule has 1 aromatic heterocycles. The minimum atomic E-state index is -0.0359. The Morgan fingerprint density at radius 2 is 1.78 bits per heavy atom. The van der Waals surface area contributed by atoms with Gasteiger partial charge in [0.1, 0.15) is 0 Å². The highest BCUT2D eigenvalue weighted by atomic mass is 79.9. The lowest BCUT2D eigenvalue weighted by Gasteiger charge is -2.03. The first-order valence-corrected chi connectivity index (χ1v) is 6.44. The standard InChI is InChI=1S/C14H13BrN2O/c1-11-6-8-17(9-7-11)10-14(18)16-13-4-2-12(15)3-5-13/h2-9H,10H2,1H3/p+1. The normalized spacial score (nSPS) is 10.1. The van der Waals surface area contributed by atoms with Crippen LogP contribution in [-0.2, 0) is 11.3 Å². The maximum absolute atomic E-state index is 11.8. The van der Waals surface area contributed by atoms with Crippen LogP contribution in [0, 0.1) is 6.92 Å². The zero-order valence-electron chi connectivity index (χ0n) is 10.1. The van der Waals surface area contributed by atoms with Crippen molar-refractivity contribution in [2.45, 2.75) is 13.5 Å². The fourth-order valence-corrected chi connectivity index (χ4v) is 1.80. The first-order valence-electron chi connectivity index (χ1n) is 5.64. The summed E-state index contributed by atoms with van der Waals surface area (Å²) in [7, 11) is 0. The number of carbonyl (C=O) groups is 1. The Morgan fingerprint density at radius 3 is 2.39 bits per heavy atom. The van der Waals surface area contributed by atoms with Crippen LogP contribution >= 0.6 is 15.9 Å². The van der Waals surface area contributed by atoms with Gasteiger partial charge in [-0.15, -0.1) is 0 Å². The summed E-state index contributed by atoms with van der Waals surface area (Å²) in [5.74, 6) is -0.0359. The van der Waals surface area contributed by atoms with Crippen LogP contribution in [0.25, 0.3) is 0 Å². The molecular formula is C14H14BrN2O+. The molecule has 0 spiro atoms. The van der Waals surface area contributed by atoms with Crippen LogP contribution in [0.15, 0.2) is 53.3 Å². The largest absolute Gasteiger partial charge is 0.321 e. The minimum Gasteiger partial charge on any atom is -0.321 e. The van der Waals surface area contributed by atoms with E-state index in [1.54, 1.807) is 0 Å². The molecule has 92 valence electrons.